The highest BCUT2D eigenvalue weighted by Crippen LogP contribution is 2.12. The topological polar surface area (TPSA) is 51.2 Å². The Balaban J connectivity index is 1.87. The summed E-state index contributed by atoms with van der Waals surface area (Å²) in [5.41, 5.74) is 1.56. The van der Waals surface area contributed by atoms with Gasteiger partial charge in [-0.15, -0.1) is 0 Å². The standard InChI is InChI=1S/C15H16N2O2/c1-19-14-7-4-5-12(11-14)15(18)17-10-8-13-6-2-3-9-16-13/h2-7,9,11H,8,10H2,1H3,(H,17,18)/i15-1. The predicted molar refractivity (Wildman–Crippen MR) is 73.3 cm³/mol. The molecular formula is C15H16N2O2. The molecule has 0 aliphatic heterocycles. The number of nitrogens with one attached hydrogen (secondary N) is 1. The van der Waals surface area contributed by atoms with Gasteiger partial charge in [0.25, 0.3) is 5.91 Å². The van der Waals surface area contributed by atoms with Crippen molar-refractivity contribution >= 4 is 5.91 Å². The average molecular weight is 255 g/mol. The lowest BCUT2D eigenvalue weighted by atomic mass is 9.88. The second-order valence-corrected chi connectivity index (χ2v) is 4.06. The maximum Gasteiger partial charge on any atom is 0.251 e. The van der Waals surface area contributed by atoms with Crippen LogP contribution in [0, 0.1) is 0 Å². The lowest BCUT2D eigenvalue weighted by Crippen LogP contribution is -2.25. The number of hydrogen-bond acceptors (Lipinski definition) is 3. The summed E-state index contributed by atoms with van der Waals surface area (Å²) >= 11 is 0. The smallest absolute Gasteiger partial charge is 0.251 e. The number of benzene rings is 1. The van der Waals surface area contributed by atoms with Crippen molar-refractivity contribution in [2.45, 2.75) is 6.42 Å². The van der Waals surface area contributed by atoms with Gasteiger partial charge in [-0.05, 0) is 30.3 Å². The van der Waals surface area contributed by atoms with Crippen molar-refractivity contribution in [1.82, 2.24) is 10.3 Å². The minimum absolute atomic E-state index is 0.102. The molecule has 4 nitrogen and oxygen atoms in total. The van der Waals surface area contributed by atoms with Crippen LogP contribution in [-0.2, 0) is 6.42 Å². The first kappa shape index (κ1) is 13.1. The van der Waals surface area contributed by atoms with Gasteiger partial charge in [0.1, 0.15) is 5.75 Å². The Bertz CT molecular complexity index is 541. The SMILES string of the molecule is COc1cccc([11C](=O)NCCc2ccccn2)c1. The first-order chi connectivity index (χ1) is 9.29. The van der Waals surface area contributed by atoms with Gasteiger partial charge in [-0.2, -0.15) is 0 Å². The van der Waals surface area contributed by atoms with E-state index in [1.807, 2.05) is 24.3 Å². The van der Waals surface area contributed by atoms with E-state index in [0.29, 0.717) is 17.9 Å². The Morgan fingerprint density at radius 3 is 2.89 bits per heavy atom. The number of hydrogen-bond donors (Lipinski definition) is 1. The normalized spacial score (nSPS) is 9.95. The number of nitrogens with zero attached hydrogens (tertiary/aromatic N) is 1. The molecule has 1 aromatic heterocycles. The molecule has 0 spiro atoms. The molecule has 98 valence electrons. The van der Waals surface area contributed by atoms with Crippen molar-refractivity contribution in [2.75, 3.05) is 13.7 Å². The number of ether oxygens (including phenoxy) is 1. The summed E-state index contributed by atoms with van der Waals surface area (Å²) in [5.74, 6) is 0.576. The molecule has 0 atom stereocenters. The summed E-state index contributed by atoms with van der Waals surface area (Å²) in [4.78, 5) is 16.1. The van der Waals surface area contributed by atoms with Gasteiger partial charge in [-0.25, -0.2) is 0 Å². The number of amides is 1. The molecule has 0 aliphatic rings. The molecule has 0 fully saturated rings. The first-order valence-electron chi connectivity index (χ1n) is 6.12. The summed E-state index contributed by atoms with van der Waals surface area (Å²) in [6, 6.07) is 12.8. The molecule has 19 heavy (non-hydrogen) atoms. The molecule has 2 rings (SSSR count). The zero-order valence-electron chi connectivity index (χ0n) is 10.8. The van der Waals surface area contributed by atoms with Crippen LogP contribution in [0.2, 0.25) is 0 Å². The maximum absolute atomic E-state index is 11.9. The van der Waals surface area contributed by atoms with Crippen LogP contribution in [0.1, 0.15) is 16.1 Å². The summed E-state index contributed by atoms with van der Waals surface area (Å²) < 4.78 is 5.09. The average Bonchev–Trinajstić information content (AvgIpc) is 2.48. The predicted octanol–water partition coefficient (Wildman–Crippen LogP) is 2.06. The lowest BCUT2D eigenvalue weighted by Gasteiger charge is -2.06. The van der Waals surface area contributed by atoms with Gasteiger partial charge in [0.2, 0.25) is 0 Å². The highest BCUT2D eigenvalue weighted by Gasteiger charge is 2.05. The molecular weight excluding hydrogens is 239 g/mol. The first-order valence-corrected chi connectivity index (χ1v) is 6.12. The molecule has 2 aromatic rings. The quantitative estimate of drug-likeness (QED) is 0.889. The van der Waals surface area contributed by atoms with E-state index in [2.05, 4.69) is 10.3 Å². The number of rotatable bonds is 5. The second-order valence-electron chi connectivity index (χ2n) is 4.06. The summed E-state index contributed by atoms with van der Waals surface area (Å²) in [7, 11) is 1.58. The van der Waals surface area contributed by atoms with Crippen molar-refractivity contribution in [1.29, 1.82) is 0 Å². The minimum Gasteiger partial charge on any atom is -0.497 e. The number of aromatic nitrogens is 1. The van der Waals surface area contributed by atoms with Crippen LogP contribution in [-0.4, -0.2) is 24.5 Å². The molecule has 4 heteroatoms. The number of carbonyl (C=O) groups is 1. The molecule has 0 radical (unpaired) electrons. The molecule has 1 N–H and O–H groups in total. The van der Waals surface area contributed by atoms with Crippen LogP contribution in [0.4, 0.5) is 0 Å². The van der Waals surface area contributed by atoms with Gasteiger partial charge in [0.15, 0.2) is 0 Å². The maximum atomic E-state index is 11.9. The van der Waals surface area contributed by atoms with Crippen molar-refractivity contribution in [3.63, 3.8) is 0 Å². The van der Waals surface area contributed by atoms with Gasteiger partial charge < -0.3 is 10.1 Å². The van der Waals surface area contributed by atoms with E-state index in [1.54, 1.807) is 31.5 Å². The fraction of sp³-hybridized carbons (Fsp3) is 0.200. The third-order valence-electron chi connectivity index (χ3n) is 2.72. The van der Waals surface area contributed by atoms with Crippen LogP contribution in [0.15, 0.2) is 48.7 Å². The van der Waals surface area contributed by atoms with Gasteiger partial charge in [-0.1, -0.05) is 12.1 Å². The Morgan fingerprint density at radius 2 is 2.16 bits per heavy atom. The van der Waals surface area contributed by atoms with E-state index in [0.717, 1.165) is 12.1 Å². The minimum atomic E-state index is -0.102. The lowest BCUT2D eigenvalue weighted by molar-refractivity contribution is 0.0953. The van der Waals surface area contributed by atoms with E-state index >= 15 is 0 Å². The van der Waals surface area contributed by atoms with E-state index in [-0.39, 0.29) is 5.91 Å². The van der Waals surface area contributed by atoms with Gasteiger partial charge >= 0.3 is 0 Å². The largest absolute Gasteiger partial charge is 0.497 e. The second kappa shape index (κ2) is 6.54. The van der Waals surface area contributed by atoms with E-state index in [9.17, 15) is 4.79 Å². The van der Waals surface area contributed by atoms with E-state index in [4.69, 9.17) is 4.74 Å². The molecule has 1 amide bonds. The monoisotopic (exact) mass is 255 g/mol. The van der Waals surface area contributed by atoms with Crippen molar-refractivity contribution in [3.05, 3.63) is 59.9 Å². The summed E-state index contributed by atoms with van der Waals surface area (Å²) in [5, 5.41) is 2.86. The molecule has 1 aromatic carbocycles. The van der Waals surface area contributed by atoms with Crippen LogP contribution >= 0.6 is 0 Å². The van der Waals surface area contributed by atoms with Crippen LogP contribution in [0.3, 0.4) is 0 Å². The van der Waals surface area contributed by atoms with E-state index in [1.165, 1.54) is 0 Å². The van der Waals surface area contributed by atoms with Gasteiger partial charge in [0, 0.05) is 30.4 Å². The zero-order chi connectivity index (χ0) is 13.5. The molecule has 1 heterocycles. The number of methoxy groups -OCH3 is 1. The number of pyridine rings is 1. The van der Waals surface area contributed by atoms with Crippen LogP contribution in [0.25, 0.3) is 0 Å². The Labute approximate surface area is 112 Å². The van der Waals surface area contributed by atoms with Crippen LogP contribution in [0.5, 0.6) is 5.75 Å². The highest BCUT2D eigenvalue weighted by molar-refractivity contribution is 5.94. The number of carbonyl (C=O) groups excluding carboxylic acids is 1. The third-order valence-corrected chi connectivity index (χ3v) is 2.72. The highest BCUT2D eigenvalue weighted by atomic mass is 16.5. The van der Waals surface area contributed by atoms with Crippen molar-refractivity contribution < 1.29 is 9.53 Å². The molecule has 0 aliphatic carbocycles. The van der Waals surface area contributed by atoms with Crippen molar-refractivity contribution in [3.8, 4) is 5.75 Å². The molecule has 0 saturated heterocycles. The van der Waals surface area contributed by atoms with E-state index < -0.39 is 0 Å². The van der Waals surface area contributed by atoms with Crippen LogP contribution < -0.4 is 10.1 Å². The fourth-order valence-corrected chi connectivity index (χ4v) is 1.72. The Kier molecular flexibility index (Phi) is 4.50. The molecule has 0 unspecified atom stereocenters. The van der Waals surface area contributed by atoms with Crippen molar-refractivity contribution in [2.24, 2.45) is 0 Å². The zero-order valence-corrected chi connectivity index (χ0v) is 10.8. The van der Waals surface area contributed by atoms with Gasteiger partial charge in [0.05, 0.1) is 7.11 Å². The Hall–Kier alpha value is -2.36. The summed E-state index contributed by atoms with van der Waals surface area (Å²) in [6.07, 6.45) is 2.47. The fourth-order valence-electron chi connectivity index (χ4n) is 1.72. The molecule has 0 saturated carbocycles. The third kappa shape index (κ3) is 3.81. The Morgan fingerprint density at radius 1 is 1.26 bits per heavy atom. The molecule has 0 bridgehead atoms. The summed E-state index contributed by atoms with van der Waals surface area (Å²) in [6.45, 7) is 0.563. The van der Waals surface area contributed by atoms with Gasteiger partial charge in [-0.3, -0.25) is 9.78 Å².